The summed E-state index contributed by atoms with van der Waals surface area (Å²) in [6, 6.07) is 20.0. The maximum Gasteiger partial charge on any atom is 0.305 e. The SMILES string of the molecule is COc1cc([C@H]2c3sc(=O)[nH]c3SC3C4CC(C5C(=O)N(c6ccccc6)C(=O)C45)C32)ccc1OCC(=O)Nc1ccc(S(N)(=O)=O)cc1. The zero-order valence-electron chi connectivity index (χ0n) is 25.9. The number of hydrogen-bond acceptors (Lipinski definition) is 10. The molecule has 2 aliphatic carbocycles. The van der Waals surface area contributed by atoms with Gasteiger partial charge in [0.25, 0.3) is 5.91 Å². The molecule has 1 saturated heterocycles. The summed E-state index contributed by atoms with van der Waals surface area (Å²) < 4.78 is 34.5. The molecule has 49 heavy (non-hydrogen) atoms. The van der Waals surface area contributed by atoms with Crippen LogP contribution in [0.2, 0.25) is 0 Å². The van der Waals surface area contributed by atoms with E-state index in [9.17, 15) is 27.6 Å². The van der Waals surface area contributed by atoms with Gasteiger partial charge >= 0.3 is 4.87 Å². The van der Waals surface area contributed by atoms with Gasteiger partial charge in [-0.05, 0) is 78.3 Å². The Hall–Kier alpha value is -4.44. The average molecular weight is 719 g/mol. The monoisotopic (exact) mass is 718 g/mol. The van der Waals surface area contributed by atoms with Crippen molar-refractivity contribution in [3.8, 4) is 11.5 Å². The number of para-hydroxylation sites is 1. The molecule has 15 heteroatoms. The van der Waals surface area contributed by atoms with E-state index in [4.69, 9.17) is 14.6 Å². The maximum atomic E-state index is 13.9. The molecule has 12 nitrogen and oxygen atoms in total. The average Bonchev–Trinajstić information content (AvgIpc) is 3.82. The zero-order valence-corrected chi connectivity index (χ0v) is 28.3. The van der Waals surface area contributed by atoms with Crippen LogP contribution in [0.1, 0.15) is 22.8 Å². The molecule has 2 aliphatic heterocycles. The normalized spacial score (nSPS) is 26.7. The van der Waals surface area contributed by atoms with Crippen molar-refractivity contribution in [3.63, 3.8) is 0 Å². The van der Waals surface area contributed by atoms with E-state index in [2.05, 4.69) is 10.3 Å². The molecule has 3 amide bonds. The lowest BCUT2D eigenvalue weighted by Crippen LogP contribution is -2.42. The van der Waals surface area contributed by atoms with E-state index >= 15 is 0 Å². The van der Waals surface area contributed by atoms with E-state index in [1.54, 1.807) is 30.0 Å². The number of anilines is 2. The molecule has 4 aliphatic rings. The molecule has 2 bridgehead atoms. The molecule has 0 radical (unpaired) electrons. The smallest absolute Gasteiger partial charge is 0.305 e. The third-order valence-electron chi connectivity index (χ3n) is 10.1. The predicted octanol–water partition coefficient (Wildman–Crippen LogP) is 3.79. The number of nitrogens with zero attached hydrogens (tertiary/aromatic N) is 1. The van der Waals surface area contributed by atoms with Crippen LogP contribution < -0.4 is 29.7 Å². The third-order valence-corrected chi connectivity index (χ3v) is 13.6. The van der Waals surface area contributed by atoms with E-state index in [1.165, 1.54) is 47.6 Å². The minimum absolute atomic E-state index is 0.00516. The lowest BCUT2D eigenvalue weighted by atomic mass is 9.68. The first-order valence-corrected chi connectivity index (χ1v) is 18.8. The van der Waals surface area contributed by atoms with Crippen LogP contribution in [0.4, 0.5) is 11.4 Å². The number of ether oxygens (including phenoxy) is 2. The number of methoxy groups -OCH3 is 1. The second-order valence-corrected chi connectivity index (χ2v) is 16.4. The van der Waals surface area contributed by atoms with Gasteiger partial charge in [0.15, 0.2) is 18.1 Å². The Labute approximate surface area is 289 Å². The fourth-order valence-corrected chi connectivity index (χ4v) is 11.7. The van der Waals surface area contributed by atoms with Crippen molar-refractivity contribution in [2.45, 2.75) is 27.5 Å². The topological polar surface area (TPSA) is 178 Å². The highest BCUT2D eigenvalue weighted by atomic mass is 32.2. The van der Waals surface area contributed by atoms with Crippen molar-refractivity contribution in [3.05, 3.63) is 92.9 Å². The van der Waals surface area contributed by atoms with Crippen LogP contribution in [-0.4, -0.2) is 50.1 Å². The number of carbonyl (C=O) groups is 3. The number of aromatic nitrogens is 1. The van der Waals surface area contributed by atoms with Gasteiger partial charge in [0, 0.05) is 21.7 Å². The Morgan fingerprint density at radius 1 is 0.980 bits per heavy atom. The van der Waals surface area contributed by atoms with Crippen molar-refractivity contribution < 1.29 is 32.3 Å². The fourth-order valence-electron chi connectivity index (χ4n) is 8.29. The summed E-state index contributed by atoms with van der Waals surface area (Å²) in [4.78, 5) is 58.1. The highest BCUT2D eigenvalue weighted by molar-refractivity contribution is 8.00. The first-order valence-electron chi connectivity index (χ1n) is 15.6. The number of rotatable bonds is 8. The Morgan fingerprint density at radius 3 is 2.39 bits per heavy atom. The minimum atomic E-state index is -3.86. The Balaban J connectivity index is 1.06. The number of H-pyrrole nitrogens is 1. The number of nitrogens with two attached hydrogens (primary N) is 1. The number of benzene rings is 3. The van der Waals surface area contributed by atoms with E-state index in [-0.39, 0.29) is 63.0 Å². The number of fused-ring (bicyclic) bond motifs is 9. The molecule has 4 N–H and O–H groups in total. The van der Waals surface area contributed by atoms with Gasteiger partial charge in [-0.2, -0.15) is 0 Å². The second-order valence-electron chi connectivity index (χ2n) is 12.6. The van der Waals surface area contributed by atoms with E-state index in [1.807, 2.05) is 30.3 Å². The zero-order chi connectivity index (χ0) is 34.2. The molecule has 252 valence electrons. The first kappa shape index (κ1) is 31.8. The number of thioether (sulfide) groups is 1. The molecular formula is C34H30N4O8S3. The van der Waals surface area contributed by atoms with Crippen LogP contribution in [0.25, 0.3) is 0 Å². The van der Waals surface area contributed by atoms with Crippen LogP contribution in [-0.2, 0) is 24.4 Å². The Kier molecular flexibility index (Phi) is 7.70. The van der Waals surface area contributed by atoms with Crippen molar-refractivity contribution in [2.75, 3.05) is 23.9 Å². The molecular weight excluding hydrogens is 689 g/mol. The number of thiazole rings is 1. The number of nitrogens with one attached hydrogen (secondary N) is 2. The number of imide groups is 1. The molecule has 2 saturated carbocycles. The van der Waals surface area contributed by atoms with Gasteiger partial charge in [0.05, 0.1) is 34.6 Å². The highest BCUT2D eigenvalue weighted by Gasteiger charge is 2.69. The summed E-state index contributed by atoms with van der Waals surface area (Å²) >= 11 is 2.79. The van der Waals surface area contributed by atoms with Crippen molar-refractivity contribution in [2.24, 2.45) is 34.7 Å². The first-order chi connectivity index (χ1) is 23.5. The van der Waals surface area contributed by atoms with Crippen LogP contribution >= 0.6 is 23.1 Å². The van der Waals surface area contributed by atoms with Crippen LogP contribution in [0, 0.1) is 29.6 Å². The largest absolute Gasteiger partial charge is 0.493 e. The van der Waals surface area contributed by atoms with Gasteiger partial charge in [-0.25, -0.2) is 13.6 Å². The van der Waals surface area contributed by atoms with Crippen molar-refractivity contribution in [1.29, 1.82) is 0 Å². The molecule has 0 spiro atoms. The number of primary sulfonamides is 1. The van der Waals surface area contributed by atoms with Gasteiger partial charge in [-0.15, -0.1) is 11.8 Å². The molecule has 3 fully saturated rings. The van der Waals surface area contributed by atoms with Gasteiger partial charge in [0.2, 0.25) is 21.8 Å². The van der Waals surface area contributed by atoms with Gasteiger partial charge < -0.3 is 19.8 Å². The number of hydrogen-bond donors (Lipinski definition) is 3. The van der Waals surface area contributed by atoms with Gasteiger partial charge in [-0.1, -0.05) is 35.6 Å². The third kappa shape index (κ3) is 5.26. The minimum Gasteiger partial charge on any atom is -0.493 e. The second kappa shape index (κ2) is 11.9. The predicted molar refractivity (Wildman–Crippen MR) is 182 cm³/mol. The van der Waals surface area contributed by atoms with E-state index < -0.39 is 21.8 Å². The molecule has 3 aromatic carbocycles. The lowest BCUT2D eigenvalue weighted by molar-refractivity contribution is -0.123. The van der Waals surface area contributed by atoms with Crippen molar-refractivity contribution >= 4 is 62.2 Å². The summed E-state index contributed by atoms with van der Waals surface area (Å²) in [5.74, 6) is -1.10. The molecule has 7 atom stereocenters. The van der Waals surface area contributed by atoms with Crippen LogP contribution in [0.15, 0.2) is 87.5 Å². The highest BCUT2D eigenvalue weighted by Crippen LogP contribution is 2.68. The quantitative estimate of drug-likeness (QED) is 0.229. The van der Waals surface area contributed by atoms with Gasteiger partial charge in [0.1, 0.15) is 0 Å². The van der Waals surface area contributed by atoms with E-state index in [0.717, 1.165) is 21.9 Å². The summed E-state index contributed by atoms with van der Waals surface area (Å²) in [5.41, 5.74) is 1.85. The Bertz CT molecular complexity index is 2170. The summed E-state index contributed by atoms with van der Waals surface area (Å²) in [5, 5.41) is 8.63. The Morgan fingerprint density at radius 2 is 1.69 bits per heavy atom. The van der Waals surface area contributed by atoms with E-state index in [0.29, 0.717) is 22.9 Å². The molecule has 1 aromatic heterocycles. The number of aromatic amines is 1. The fraction of sp³-hybridized carbons (Fsp3) is 0.294. The number of sulfonamides is 1. The standard InChI is InChI=1S/C34H30N4O8S3/c1-45-23-13-16(7-12-22(23)46-15-24(39)36-17-8-10-19(11-9-17)49(35,43)44)25-26-20-14-21(29(26)47-31-30(25)48-34(42)37-31)28-27(20)32(40)38(33(28)41)18-5-3-2-4-6-18/h2-13,20-21,25-29H,14-15H2,1H3,(H,36,39)(H,37,42)(H2,35,43,44)/t20?,21?,25-,26?,27?,28?,29?/m1/s1. The summed E-state index contributed by atoms with van der Waals surface area (Å²) in [6.07, 6.45) is 0.769. The van der Waals surface area contributed by atoms with Crippen molar-refractivity contribution in [1.82, 2.24) is 4.98 Å². The molecule has 6 unspecified atom stereocenters. The molecule has 3 heterocycles. The maximum absolute atomic E-state index is 13.9. The van der Waals surface area contributed by atoms with Gasteiger partial charge in [-0.3, -0.25) is 24.1 Å². The lowest BCUT2D eigenvalue weighted by Gasteiger charge is -2.43. The number of carbonyl (C=O) groups excluding carboxylic acids is 3. The summed E-state index contributed by atoms with van der Waals surface area (Å²) in [6.45, 7) is -0.345. The summed E-state index contributed by atoms with van der Waals surface area (Å²) in [7, 11) is -2.36. The number of amides is 3. The molecule has 8 rings (SSSR count). The molecule has 4 aromatic rings. The van der Waals surface area contributed by atoms with Crippen LogP contribution in [0.3, 0.4) is 0 Å². The van der Waals surface area contributed by atoms with Crippen LogP contribution in [0.5, 0.6) is 11.5 Å².